The molecule has 8 heteroatoms. The topological polar surface area (TPSA) is 108 Å². The monoisotopic (exact) mass is 448 g/mol. The third-order valence-corrected chi connectivity index (χ3v) is 5.94. The van der Waals surface area contributed by atoms with Gasteiger partial charge in [0, 0.05) is 37.6 Å². The van der Waals surface area contributed by atoms with Gasteiger partial charge in [-0.25, -0.2) is 4.79 Å². The summed E-state index contributed by atoms with van der Waals surface area (Å²) in [6.07, 6.45) is 4.68. The summed E-state index contributed by atoms with van der Waals surface area (Å²) in [4.78, 5) is 30.6. The smallest absolute Gasteiger partial charge is 0.409 e. The molecular formula is C25H28N4O4. The zero-order valence-corrected chi connectivity index (χ0v) is 18.6. The third kappa shape index (κ3) is 5.78. The molecule has 0 atom stereocenters. The Morgan fingerprint density at radius 1 is 1.15 bits per heavy atom. The number of pyridine rings is 1. The van der Waals surface area contributed by atoms with E-state index >= 15 is 0 Å². The minimum absolute atomic E-state index is 0.0821. The number of carbonyl (C=O) groups is 2. The number of benzene rings is 1. The number of nitrogens with zero attached hydrogens (tertiary/aromatic N) is 2. The van der Waals surface area contributed by atoms with Crippen LogP contribution in [-0.4, -0.2) is 52.7 Å². The van der Waals surface area contributed by atoms with Gasteiger partial charge in [-0.3, -0.25) is 15.1 Å². The predicted octanol–water partition coefficient (Wildman–Crippen LogP) is 4.18. The fraction of sp³-hybridized carbons (Fsp3) is 0.320. The molecule has 172 valence electrons. The van der Waals surface area contributed by atoms with E-state index in [1.807, 2.05) is 37.3 Å². The molecule has 2 amide bonds. The Kier molecular flexibility index (Phi) is 7.04. The number of furan rings is 1. The number of aromatic nitrogens is 1. The van der Waals surface area contributed by atoms with Crippen molar-refractivity contribution in [3.63, 3.8) is 0 Å². The molecule has 0 radical (unpaired) electrons. The summed E-state index contributed by atoms with van der Waals surface area (Å²) >= 11 is 0. The lowest BCUT2D eigenvalue weighted by molar-refractivity contribution is 0.0884. The van der Waals surface area contributed by atoms with Crippen LogP contribution in [0.5, 0.6) is 0 Å². The maximum absolute atomic E-state index is 12.9. The summed E-state index contributed by atoms with van der Waals surface area (Å²) in [5, 5.41) is 14.6. The van der Waals surface area contributed by atoms with E-state index in [2.05, 4.69) is 20.5 Å². The van der Waals surface area contributed by atoms with Crippen LogP contribution >= 0.6 is 0 Å². The van der Waals surface area contributed by atoms with Crippen LogP contribution in [0.3, 0.4) is 0 Å². The number of piperidine rings is 1. The molecule has 3 N–H and O–H groups in total. The first-order chi connectivity index (χ1) is 16.0. The maximum atomic E-state index is 12.9. The van der Waals surface area contributed by atoms with Crippen LogP contribution in [0.25, 0.3) is 11.3 Å². The molecule has 1 fully saturated rings. The van der Waals surface area contributed by atoms with Gasteiger partial charge in [0.25, 0.3) is 5.91 Å². The lowest BCUT2D eigenvalue weighted by Crippen LogP contribution is -2.45. The molecule has 3 heterocycles. The van der Waals surface area contributed by atoms with E-state index in [1.54, 1.807) is 18.3 Å². The molecule has 0 aliphatic carbocycles. The van der Waals surface area contributed by atoms with E-state index in [-0.39, 0.29) is 17.7 Å². The fourth-order valence-electron chi connectivity index (χ4n) is 4.12. The molecule has 0 saturated carbocycles. The highest BCUT2D eigenvalue weighted by atomic mass is 16.4. The highest BCUT2D eigenvalue weighted by Gasteiger charge is 2.24. The third-order valence-electron chi connectivity index (χ3n) is 5.94. The van der Waals surface area contributed by atoms with Crippen molar-refractivity contribution in [3.05, 3.63) is 71.8 Å². The second-order valence-corrected chi connectivity index (χ2v) is 8.31. The number of rotatable bonds is 7. The zero-order chi connectivity index (χ0) is 23.2. The van der Waals surface area contributed by atoms with Gasteiger partial charge < -0.3 is 19.7 Å². The molecule has 1 aliphatic heterocycles. The number of hydrogen-bond donors (Lipinski definition) is 3. The van der Waals surface area contributed by atoms with Crippen LogP contribution in [0.1, 0.15) is 34.5 Å². The number of carboxylic acid groups (broad SMARTS) is 1. The number of likely N-dealkylation sites (tertiary alicyclic amines) is 1. The molecule has 4 rings (SSSR count). The van der Waals surface area contributed by atoms with Gasteiger partial charge >= 0.3 is 6.09 Å². The predicted molar refractivity (Wildman–Crippen MR) is 125 cm³/mol. The number of carbonyl (C=O) groups excluding carboxylic acids is 1. The molecule has 2 aromatic heterocycles. The van der Waals surface area contributed by atoms with Crippen molar-refractivity contribution >= 4 is 17.7 Å². The summed E-state index contributed by atoms with van der Waals surface area (Å²) in [5.74, 6) is 0.0702. The quantitative estimate of drug-likeness (QED) is 0.501. The maximum Gasteiger partial charge on any atom is 0.409 e. The van der Waals surface area contributed by atoms with Crippen LogP contribution < -0.4 is 10.6 Å². The van der Waals surface area contributed by atoms with Crippen molar-refractivity contribution in [2.75, 3.05) is 25.0 Å². The molecule has 8 nitrogen and oxygen atoms in total. The summed E-state index contributed by atoms with van der Waals surface area (Å²) < 4.78 is 5.49. The molecule has 1 saturated heterocycles. The minimum atomic E-state index is -1.06. The van der Waals surface area contributed by atoms with Gasteiger partial charge in [0.2, 0.25) is 5.76 Å². The number of nitrogens with one attached hydrogen (secondary N) is 2. The average molecular weight is 449 g/mol. The number of hydrogen-bond acceptors (Lipinski definition) is 5. The minimum Gasteiger partial charge on any atom is -0.465 e. The summed E-state index contributed by atoms with van der Waals surface area (Å²) in [6.45, 7) is 4.53. The van der Waals surface area contributed by atoms with Gasteiger partial charge in [-0.05, 0) is 55.5 Å². The van der Waals surface area contributed by atoms with Crippen molar-refractivity contribution in [3.8, 4) is 11.3 Å². The lowest BCUT2D eigenvalue weighted by atomic mass is 10.0. The average Bonchev–Trinajstić information content (AvgIpc) is 3.30. The van der Waals surface area contributed by atoms with E-state index in [0.717, 1.165) is 50.0 Å². The van der Waals surface area contributed by atoms with Crippen molar-refractivity contribution in [1.29, 1.82) is 0 Å². The molecule has 0 spiro atoms. The van der Waals surface area contributed by atoms with Gasteiger partial charge in [0.15, 0.2) is 0 Å². The largest absolute Gasteiger partial charge is 0.465 e. The number of para-hydroxylation sites is 1. The number of anilines is 1. The van der Waals surface area contributed by atoms with Gasteiger partial charge in [-0.15, -0.1) is 0 Å². The summed E-state index contributed by atoms with van der Waals surface area (Å²) in [5.41, 5.74) is 4.07. The summed E-state index contributed by atoms with van der Waals surface area (Å²) in [7, 11) is 0. The first-order valence-corrected chi connectivity index (χ1v) is 11.1. The molecule has 1 aromatic carbocycles. The van der Waals surface area contributed by atoms with E-state index in [1.165, 1.54) is 6.26 Å². The van der Waals surface area contributed by atoms with E-state index in [4.69, 9.17) is 9.52 Å². The molecular weight excluding hydrogens is 420 g/mol. The first-order valence-electron chi connectivity index (χ1n) is 11.1. The number of aryl methyl sites for hydroxylation is 1. The van der Waals surface area contributed by atoms with Gasteiger partial charge in [0.1, 0.15) is 0 Å². The van der Waals surface area contributed by atoms with Crippen molar-refractivity contribution in [2.45, 2.75) is 32.2 Å². The van der Waals surface area contributed by atoms with E-state index < -0.39 is 6.09 Å². The highest BCUT2D eigenvalue weighted by Crippen LogP contribution is 2.24. The van der Waals surface area contributed by atoms with Crippen LogP contribution in [0.4, 0.5) is 10.5 Å². The van der Waals surface area contributed by atoms with Crippen LogP contribution in [-0.2, 0) is 6.42 Å². The molecule has 0 bridgehead atoms. The molecule has 0 unspecified atom stereocenters. The Bertz CT molecular complexity index is 1100. The second kappa shape index (κ2) is 10.3. The fourth-order valence-corrected chi connectivity index (χ4v) is 4.12. The summed E-state index contributed by atoms with van der Waals surface area (Å²) in [6, 6.07) is 13.2. The number of amides is 2. The molecule has 1 aliphatic rings. The standard InChI is InChI=1S/C25H28N4O4/c1-17-6-7-22(26-16-17)20-11-15-33-23(20)24(30)27-19-9-13-29(14-10-19)12-8-18-4-2-3-5-21(18)28-25(31)32/h2-7,11,15-16,19,28H,8-10,12-14H2,1H3,(H,27,30)(H,31,32). The Morgan fingerprint density at radius 2 is 1.94 bits per heavy atom. The molecule has 3 aromatic rings. The van der Waals surface area contributed by atoms with Gasteiger partial charge in [-0.1, -0.05) is 24.3 Å². The van der Waals surface area contributed by atoms with Crippen LogP contribution in [0.2, 0.25) is 0 Å². The highest BCUT2D eigenvalue weighted by molar-refractivity contribution is 5.97. The van der Waals surface area contributed by atoms with Crippen molar-refractivity contribution in [1.82, 2.24) is 15.2 Å². The van der Waals surface area contributed by atoms with Gasteiger partial charge in [0.05, 0.1) is 17.5 Å². The Morgan fingerprint density at radius 3 is 2.67 bits per heavy atom. The van der Waals surface area contributed by atoms with E-state index in [9.17, 15) is 9.59 Å². The Hall–Kier alpha value is -3.65. The SMILES string of the molecule is Cc1ccc(-c2ccoc2C(=O)NC2CCN(CCc3ccccc3NC(=O)O)CC2)nc1. The van der Waals surface area contributed by atoms with Crippen LogP contribution in [0.15, 0.2) is 59.3 Å². The zero-order valence-electron chi connectivity index (χ0n) is 18.6. The van der Waals surface area contributed by atoms with Gasteiger partial charge in [-0.2, -0.15) is 0 Å². The van der Waals surface area contributed by atoms with Crippen molar-refractivity contribution < 1.29 is 19.1 Å². The lowest BCUT2D eigenvalue weighted by Gasteiger charge is -2.32. The normalized spacial score (nSPS) is 14.7. The Labute approximate surface area is 192 Å². The molecule has 33 heavy (non-hydrogen) atoms. The first kappa shape index (κ1) is 22.5. The van der Waals surface area contributed by atoms with E-state index in [0.29, 0.717) is 16.9 Å². The van der Waals surface area contributed by atoms with Crippen LogP contribution in [0, 0.1) is 6.92 Å². The van der Waals surface area contributed by atoms with Crippen molar-refractivity contribution in [2.24, 2.45) is 0 Å². The second-order valence-electron chi connectivity index (χ2n) is 8.31. The Balaban J connectivity index is 1.28.